The van der Waals surface area contributed by atoms with Gasteiger partial charge in [0.1, 0.15) is 4.47 Å². The highest BCUT2D eigenvalue weighted by Gasteiger charge is 2.37. The van der Waals surface area contributed by atoms with E-state index in [-0.39, 0.29) is 17.0 Å². The number of carbonyl (C=O) groups is 1. The molecule has 0 aromatic heterocycles. The van der Waals surface area contributed by atoms with Gasteiger partial charge in [-0.15, -0.1) is 0 Å². The average molecular weight is 355 g/mol. The highest BCUT2D eigenvalue weighted by molar-refractivity contribution is 9.10. The first-order valence-electron chi connectivity index (χ1n) is 6.89. The number of nitro benzene ring substituents is 1. The Morgan fingerprint density at radius 2 is 2.10 bits per heavy atom. The minimum atomic E-state index is -0.419. The van der Waals surface area contributed by atoms with Crippen LogP contribution in [0.4, 0.5) is 5.69 Å². The molecule has 1 aliphatic heterocycles. The Morgan fingerprint density at radius 3 is 2.62 bits per heavy atom. The fraction of sp³-hybridized carbons (Fsp3) is 0.533. The Hall–Kier alpha value is -1.43. The molecule has 1 heterocycles. The van der Waals surface area contributed by atoms with Crippen LogP contribution in [0.3, 0.4) is 0 Å². The fourth-order valence-electron chi connectivity index (χ4n) is 2.54. The Labute approximate surface area is 132 Å². The second-order valence-electron chi connectivity index (χ2n) is 6.55. The quantitative estimate of drug-likeness (QED) is 0.613. The van der Waals surface area contributed by atoms with E-state index in [1.165, 1.54) is 6.07 Å². The molecule has 1 aliphatic rings. The zero-order chi connectivity index (χ0) is 15.8. The van der Waals surface area contributed by atoms with E-state index in [2.05, 4.69) is 36.7 Å². The molecule has 1 fully saturated rings. The molecule has 6 heteroatoms. The van der Waals surface area contributed by atoms with Crippen molar-refractivity contribution in [2.24, 2.45) is 11.3 Å². The van der Waals surface area contributed by atoms with Gasteiger partial charge in [-0.25, -0.2) is 0 Å². The van der Waals surface area contributed by atoms with E-state index in [4.69, 9.17) is 0 Å². The highest BCUT2D eigenvalue weighted by atomic mass is 79.9. The maximum Gasteiger partial charge on any atom is 0.283 e. The van der Waals surface area contributed by atoms with Crippen molar-refractivity contribution in [3.05, 3.63) is 38.3 Å². The van der Waals surface area contributed by atoms with E-state index < -0.39 is 4.92 Å². The lowest BCUT2D eigenvalue weighted by molar-refractivity contribution is -0.385. The summed E-state index contributed by atoms with van der Waals surface area (Å²) in [6, 6.07) is 4.92. The van der Waals surface area contributed by atoms with Crippen molar-refractivity contribution in [3.63, 3.8) is 0 Å². The molecule has 0 bridgehead atoms. The summed E-state index contributed by atoms with van der Waals surface area (Å²) in [6.07, 6.45) is 0.552. The predicted octanol–water partition coefficient (Wildman–Crippen LogP) is 3.75. The number of nitrogens with zero attached hydrogens (tertiary/aromatic N) is 2. The normalized spacial score (nSPS) is 19.1. The van der Waals surface area contributed by atoms with Gasteiger partial charge in [-0.1, -0.05) is 32.9 Å². The summed E-state index contributed by atoms with van der Waals surface area (Å²) in [5.41, 5.74) is 0.892. The van der Waals surface area contributed by atoms with Crippen LogP contribution < -0.4 is 0 Å². The maximum atomic E-state index is 12.1. The standard InChI is InChI=1S/C15H19BrN2O3/c1-15(2,3)11-7-13(19)17(9-11)8-10-5-4-6-12(14(10)16)18(20)21/h4-6,11H,7-9H2,1-3H3. The van der Waals surface area contributed by atoms with Crippen LogP contribution in [-0.4, -0.2) is 22.3 Å². The predicted molar refractivity (Wildman–Crippen MR) is 83.8 cm³/mol. The van der Waals surface area contributed by atoms with Crippen molar-refractivity contribution in [1.82, 2.24) is 4.90 Å². The largest absolute Gasteiger partial charge is 0.338 e. The molecule has 2 rings (SSSR count). The van der Waals surface area contributed by atoms with Crippen LogP contribution in [0.1, 0.15) is 32.8 Å². The van der Waals surface area contributed by atoms with Crippen LogP contribution in [0, 0.1) is 21.4 Å². The number of amides is 1. The molecule has 0 N–H and O–H groups in total. The van der Waals surface area contributed by atoms with Gasteiger partial charge in [-0.05, 0) is 32.8 Å². The van der Waals surface area contributed by atoms with Crippen molar-refractivity contribution >= 4 is 27.5 Å². The molecule has 0 aliphatic carbocycles. The monoisotopic (exact) mass is 354 g/mol. The smallest absolute Gasteiger partial charge is 0.283 e. The molecule has 1 amide bonds. The average Bonchev–Trinajstić information content (AvgIpc) is 2.73. The summed E-state index contributed by atoms with van der Waals surface area (Å²) in [7, 11) is 0. The first-order chi connectivity index (χ1) is 9.70. The molecule has 5 nitrogen and oxygen atoms in total. The van der Waals surface area contributed by atoms with Gasteiger partial charge in [0.05, 0.1) is 4.92 Å². The number of hydrogen-bond donors (Lipinski definition) is 0. The number of likely N-dealkylation sites (tertiary alicyclic amines) is 1. The molecule has 1 aromatic carbocycles. The number of carbonyl (C=O) groups excluding carboxylic acids is 1. The molecule has 1 aromatic rings. The van der Waals surface area contributed by atoms with Crippen LogP contribution in [0.5, 0.6) is 0 Å². The summed E-state index contributed by atoms with van der Waals surface area (Å²) in [4.78, 5) is 24.5. The van der Waals surface area contributed by atoms with E-state index >= 15 is 0 Å². The van der Waals surface area contributed by atoms with Crippen molar-refractivity contribution in [2.45, 2.75) is 33.7 Å². The van der Waals surface area contributed by atoms with Crippen molar-refractivity contribution in [3.8, 4) is 0 Å². The van der Waals surface area contributed by atoms with E-state index in [1.54, 1.807) is 11.0 Å². The molecular weight excluding hydrogens is 336 g/mol. The first kappa shape index (κ1) is 15.9. The molecule has 114 valence electrons. The Morgan fingerprint density at radius 1 is 1.43 bits per heavy atom. The van der Waals surface area contributed by atoms with Crippen molar-refractivity contribution in [2.75, 3.05) is 6.54 Å². The third-order valence-corrected chi connectivity index (χ3v) is 4.97. The fourth-order valence-corrected chi connectivity index (χ4v) is 3.07. The number of benzene rings is 1. The molecule has 1 saturated heterocycles. The van der Waals surface area contributed by atoms with Crippen molar-refractivity contribution < 1.29 is 9.72 Å². The van der Waals surface area contributed by atoms with Crippen LogP contribution in [0.15, 0.2) is 22.7 Å². The SMILES string of the molecule is CC(C)(C)C1CC(=O)N(Cc2cccc([N+](=O)[O-])c2Br)C1. The third kappa shape index (κ3) is 3.43. The summed E-state index contributed by atoms with van der Waals surface area (Å²) < 4.78 is 0.460. The molecule has 21 heavy (non-hydrogen) atoms. The summed E-state index contributed by atoms with van der Waals surface area (Å²) in [5, 5.41) is 11.0. The third-order valence-electron chi connectivity index (χ3n) is 4.06. The van der Waals surface area contributed by atoms with Crippen LogP contribution in [-0.2, 0) is 11.3 Å². The lowest BCUT2D eigenvalue weighted by Crippen LogP contribution is -2.27. The minimum Gasteiger partial charge on any atom is -0.338 e. The molecule has 1 unspecified atom stereocenters. The Bertz CT molecular complexity index is 581. The van der Waals surface area contributed by atoms with E-state index in [9.17, 15) is 14.9 Å². The topological polar surface area (TPSA) is 63.5 Å². The summed E-state index contributed by atoms with van der Waals surface area (Å²) in [5.74, 6) is 0.441. The maximum absolute atomic E-state index is 12.1. The number of halogens is 1. The van der Waals surface area contributed by atoms with Gasteiger partial charge >= 0.3 is 0 Å². The molecule has 0 spiro atoms. The van der Waals surface area contributed by atoms with Gasteiger partial charge in [0.25, 0.3) is 5.69 Å². The van der Waals surface area contributed by atoms with Gasteiger partial charge in [0.15, 0.2) is 0 Å². The number of nitro groups is 1. The van der Waals surface area contributed by atoms with Gasteiger partial charge in [0.2, 0.25) is 5.91 Å². The van der Waals surface area contributed by atoms with Crippen LogP contribution >= 0.6 is 15.9 Å². The zero-order valence-electron chi connectivity index (χ0n) is 12.4. The van der Waals surface area contributed by atoms with Crippen molar-refractivity contribution in [1.29, 1.82) is 0 Å². The first-order valence-corrected chi connectivity index (χ1v) is 7.69. The van der Waals surface area contributed by atoms with Crippen LogP contribution in [0.25, 0.3) is 0 Å². The lowest BCUT2D eigenvalue weighted by Gasteiger charge is -2.26. The number of rotatable bonds is 3. The lowest BCUT2D eigenvalue weighted by atomic mass is 9.80. The molecular formula is C15H19BrN2O3. The summed E-state index contributed by atoms with van der Waals surface area (Å²) in [6.45, 7) is 7.53. The van der Waals surface area contributed by atoms with E-state index in [0.717, 1.165) is 5.56 Å². The van der Waals surface area contributed by atoms with Gasteiger partial charge in [-0.2, -0.15) is 0 Å². The second kappa shape index (κ2) is 5.75. The molecule has 0 radical (unpaired) electrons. The van der Waals surface area contributed by atoms with Gasteiger partial charge < -0.3 is 4.90 Å². The zero-order valence-corrected chi connectivity index (χ0v) is 14.0. The minimum absolute atomic E-state index is 0.0338. The number of hydrogen-bond acceptors (Lipinski definition) is 3. The highest BCUT2D eigenvalue weighted by Crippen LogP contribution is 2.36. The summed E-state index contributed by atoms with van der Waals surface area (Å²) >= 11 is 3.28. The molecule has 0 saturated carbocycles. The Kier molecular flexibility index (Phi) is 4.37. The van der Waals surface area contributed by atoms with Gasteiger partial charge in [0, 0.05) is 25.6 Å². The van der Waals surface area contributed by atoms with E-state index in [1.807, 2.05) is 6.07 Å². The van der Waals surface area contributed by atoms with Gasteiger partial charge in [-0.3, -0.25) is 14.9 Å². The second-order valence-corrected chi connectivity index (χ2v) is 7.34. The van der Waals surface area contributed by atoms with Crippen LogP contribution in [0.2, 0.25) is 0 Å². The Balaban J connectivity index is 2.18. The van der Waals surface area contributed by atoms with E-state index in [0.29, 0.717) is 29.9 Å². The molecule has 1 atom stereocenters.